The van der Waals surface area contributed by atoms with Crippen LogP contribution in [-0.2, 0) is 9.59 Å². The number of carbonyl (C=O) groups is 2. The molecule has 0 radical (unpaired) electrons. The topological polar surface area (TPSA) is 70.1 Å². The van der Waals surface area contributed by atoms with Crippen molar-refractivity contribution in [2.24, 2.45) is 0 Å². The molecule has 0 saturated carbocycles. The Kier molecular flexibility index (Phi) is 7.88. The van der Waals surface area contributed by atoms with Gasteiger partial charge in [-0.05, 0) is 56.9 Å². The molecular weight excluding hydrogens is 472 g/mol. The van der Waals surface area contributed by atoms with Crippen LogP contribution in [0.3, 0.4) is 0 Å². The molecular formula is C25H27BrN2O4. The van der Waals surface area contributed by atoms with Gasteiger partial charge in [0, 0.05) is 16.6 Å². The van der Waals surface area contributed by atoms with Gasteiger partial charge in [0.25, 0.3) is 11.7 Å². The number of hydrogen-bond donors (Lipinski definition) is 1. The molecule has 0 aromatic heterocycles. The number of rotatable bonds is 9. The summed E-state index contributed by atoms with van der Waals surface area (Å²) in [5.41, 5.74) is 1.26. The summed E-state index contributed by atoms with van der Waals surface area (Å²) in [6.45, 7) is 5.16. The van der Waals surface area contributed by atoms with Gasteiger partial charge in [-0.1, -0.05) is 52.9 Å². The highest BCUT2D eigenvalue weighted by Gasteiger charge is 2.45. The van der Waals surface area contributed by atoms with Crippen molar-refractivity contribution < 1.29 is 19.4 Å². The second-order valence-electron chi connectivity index (χ2n) is 7.83. The molecule has 1 heterocycles. The van der Waals surface area contributed by atoms with Crippen molar-refractivity contribution in [2.75, 3.05) is 33.8 Å². The fourth-order valence-electron chi connectivity index (χ4n) is 3.71. The molecule has 2 aromatic carbocycles. The lowest BCUT2D eigenvalue weighted by Gasteiger charge is -2.26. The highest BCUT2D eigenvalue weighted by atomic mass is 79.9. The highest BCUT2D eigenvalue weighted by Crippen LogP contribution is 2.40. The van der Waals surface area contributed by atoms with Gasteiger partial charge in [0.05, 0.1) is 11.6 Å². The molecule has 1 atom stereocenters. The molecule has 0 bridgehead atoms. The van der Waals surface area contributed by atoms with E-state index >= 15 is 0 Å². The summed E-state index contributed by atoms with van der Waals surface area (Å²) in [4.78, 5) is 29.6. The Hall–Kier alpha value is -2.90. The lowest BCUT2D eigenvalue weighted by atomic mass is 9.95. The van der Waals surface area contributed by atoms with E-state index in [4.69, 9.17) is 4.74 Å². The van der Waals surface area contributed by atoms with Crippen LogP contribution in [0.4, 0.5) is 0 Å². The van der Waals surface area contributed by atoms with E-state index < -0.39 is 17.7 Å². The summed E-state index contributed by atoms with van der Waals surface area (Å²) in [5.74, 6) is -0.874. The summed E-state index contributed by atoms with van der Waals surface area (Å²) >= 11 is 3.37. The van der Waals surface area contributed by atoms with E-state index in [0.29, 0.717) is 36.4 Å². The van der Waals surface area contributed by atoms with Gasteiger partial charge < -0.3 is 19.6 Å². The number of ether oxygens (including phenoxy) is 1. The van der Waals surface area contributed by atoms with E-state index in [0.717, 1.165) is 11.0 Å². The van der Waals surface area contributed by atoms with Crippen molar-refractivity contribution in [2.45, 2.75) is 12.5 Å². The summed E-state index contributed by atoms with van der Waals surface area (Å²) < 4.78 is 6.50. The minimum Gasteiger partial charge on any atom is -0.507 e. The molecule has 2 aromatic rings. The van der Waals surface area contributed by atoms with Crippen molar-refractivity contribution in [1.29, 1.82) is 0 Å². The summed E-state index contributed by atoms with van der Waals surface area (Å²) in [5, 5.41) is 11.1. The number of benzene rings is 2. The van der Waals surface area contributed by atoms with Gasteiger partial charge in [0.15, 0.2) is 0 Å². The fourth-order valence-corrected chi connectivity index (χ4v) is 3.97. The normalized spacial score (nSPS) is 17.8. The number of aliphatic hydroxyl groups is 1. The largest absolute Gasteiger partial charge is 0.507 e. The zero-order chi connectivity index (χ0) is 23.3. The molecule has 1 aliphatic heterocycles. The first-order valence-corrected chi connectivity index (χ1v) is 11.2. The molecule has 32 heavy (non-hydrogen) atoms. The van der Waals surface area contributed by atoms with Crippen LogP contribution in [0, 0.1) is 0 Å². The van der Waals surface area contributed by atoms with Crippen LogP contribution in [-0.4, -0.2) is 60.4 Å². The van der Waals surface area contributed by atoms with Crippen molar-refractivity contribution in [3.8, 4) is 5.75 Å². The molecule has 0 spiro atoms. The fraction of sp³-hybridized carbons (Fsp3) is 0.280. The lowest BCUT2D eigenvalue weighted by molar-refractivity contribution is -0.139. The summed E-state index contributed by atoms with van der Waals surface area (Å²) in [6, 6.07) is 13.5. The van der Waals surface area contributed by atoms with Crippen molar-refractivity contribution in [3.05, 3.63) is 82.4 Å². The predicted molar refractivity (Wildman–Crippen MR) is 128 cm³/mol. The second-order valence-corrected chi connectivity index (χ2v) is 8.74. The Morgan fingerprint density at radius 3 is 2.59 bits per heavy atom. The molecule has 168 valence electrons. The molecule has 3 rings (SSSR count). The smallest absolute Gasteiger partial charge is 0.295 e. The standard InChI is InChI=1S/C25H27BrN2O4/c1-4-15-32-20-8-5-7-18(16-20)22-21(23(29)17-9-11-19(26)12-10-17)24(30)25(31)28(22)14-6-13-27(2)3/h4-5,7-12,16,22,29H,1,6,13-15H2,2-3H3/t22-/m1/s1. The van der Waals surface area contributed by atoms with Crippen LogP contribution in [0.25, 0.3) is 5.76 Å². The van der Waals surface area contributed by atoms with Crippen LogP contribution in [0.1, 0.15) is 23.6 Å². The van der Waals surface area contributed by atoms with E-state index in [-0.39, 0.29) is 11.3 Å². The molecule has 1 saturated heterocycles. The molecule has 1 aliphatic rings. The van der Waals surface area contributed by atoms with Crippen LogP contribution >= 0.6 is 15.9 Å². The molecule has 0 aliphatic carbocycles. The van der Waals surface area contributed by atoms with E-state index in [1.807, 2.05) is 31.1 Å². The third kappa shape index (κ3) is 5.29. The maximum Gasteiger partial charge on any atom is 0.295 e. The van der Waals surface area contributed by atoms with Gasteiger partial charge in [-0.3, -0.25) is 9.59 Å². The van der Waals surface area contributed by atoms with Crippen LogP contribution in [0.2, 0.25) is 0 Å². The molecule has 1 N–H and O–H groups in total. The Bertz CT molecular complexity index is 1030. The number of aliphatic hydroxyl groups excluding tert-OH is 1. The predicted octanol–water partition coefficient (Wildman–Crippen LogP) is 4.39. The Labute approximate surface area is 196 Å². The maximum absolute atomic E-state index is 13.1. The third-order valence-corrected chi connectivity index (χ3v) is 5.73. The lowest BCUT2D eigenvalue weighted by Crippen LogP contribution is -2.32. The molecule has 6 nitrogen and oxygen atoms in total. The molecule has 1 amide bonds. The Balaban J connectivity index is 2.08. The molecule has 1 fully saturated rings. The number of carbonyl (C=O) groups excluding carboxylic acids is 2. The average Bonchev–Trinajstić information content (AvgIpc) is 3.02. The van der Waals surface area contributed by atoms with Gasteiger partial charge >= 0.3 is 0 Å². The van der Waals surface area contributed by atoms with E-state index in [2.05, 4.69) is 22.5 Å². The minimum atomic E-state index is -0.701. The number of amides is 1. The number of nitrogens with zero attached hydrogens (tertiary/aromatic N) is 2. The zero-order valence-electron chi connectivity index (χ0n) is 18.3. The zero-order valence-corrected chi connectivity index (χ0v) is 19.8. The first-order chi connectivity index (χ1) is 15.3. The van der Waals surface area contributed by atoms with Gasteiger partial charge in [-0.15, -0.1) is 0 Å². The minimum absolute atomic E-state index is 0.0862. The maximum atomic E-state index is 13.1. The van der Waals surface area contributed by atoms with Crippen molar-refractivity contribution >= 4 is 33.4 Å². The second kappa shape index (κ2) is 10.6. The first kappa shape index (κ1) is 23.8. The number of halogens is 1. The highest BCUT2D eigenvalue weighted by molar-refractivity contribution is 9.10. The number of hydrogen-bond acceptors (Lipinski definition) is 5. The van der Waals surface area contributed by atoms with Crippen molar-refractivity contribution in [1.82, 2.24) is 9.80 Å². The first-order valence-electron chi connectivity index (χ1n) is 10.4. The molecule has 0 unspecified atom stereocenters. The summed E-state index contributed by atoms with van der Waals surface area (Å²) in [6.07, 6.45) is 2.34. The SMILES string of the molecule is C=CCOc1cccc([C@@H]2C(=C(O)c3ccc(Br)cc3)C(=O)C(=O)N2CCCN(C)C)c1. The van der Waals surface area contributed by atoms with Gasteiger partial charge in [-0.25, -0.2) is 0 Å². The van der Waals surface area contributed by atoms with E-state index in [9.17, 15) is 14.7 Å². The Morgan fingerprint density at radius 1 is 1.22 bits per heavy atom. The Morgan fingerprint density at radius 2 is 1.94 bits per heavy atom. The van der Waals surface area contributed by atoms with Gasteiger partial charge in [0.1, 0.15) is 18.1 Å². The number of ketones is 1. The monoisotopic (exact) mass is 498 g/mol. The van der Waals surface area contributed by atoms with Gasteiger partial charge in [0.2, 0.25) is 0 Å². The third-order valence-electron chi connectivity index (χ3n) is 5.20. The average molecular weight is 499 g/mol. The summed E-state index contributed by atoms with van der Waals surface area (Å²) in [7, 11) is 3.92. The quantitative estimate of drug-likeness (QED) is 0.240. The van der Waals surface area contributed by atoms with Crippen LogP contribution in [0.5, 0.6) is 5.75 Å². The van der Waals surface area contributed by atoms with Gasteiger partial charge in [-0.2, -0.15) is 0 Å². The van der Waals surface area contributed by atoms with Crippen LogP contribution < -0.4 is 4.74 Å². The number of likely N-dealkylation sites (tertiary alicyclic amines) is 1. The number of Topliss-reactive ketones (excluding diaryl/α,β-unsaturated/α-hetero) is 1. The van der Waals surface area contributed by atoms with Crippen molar-refractivity contribution in [3.63, 3.8) is 0 Å². The van der Waals surface area contributed by atoms with E-state index in [1.165, 1.54) is 0 Å². The van der Waals surface area contributed by atoms with Crippen LogP contribution in [0.15, 0.2) is 71.2 Å². The van der Waals surface area contributed by atoms with E-state index in [1.54, 1.807) is 47.4 Å². The molecule has 7 heteroatoms.